The van der Waals surface area contributed by atoms with E-state index < -0.39 is 0 Å². The Morgan fingerprint density at radius 3 is 3.00 bits per heavy atom. The molecule has 0 spiro atoms. The van der Waals surface area contributed by atoms with Crippen LogP contribution < -0.4 is 5.32 Å². The van der Waals surface area contributed by atoms with Gasteiger partial charge in [-0.25, -0.2) is 4.39 Å². The van der Waals surface area contributed by atoms with Gasteiger partial charge in [0, 0.05) is 17.8 Å². The third kappa shape index (κ3) is 3.72. The summed E-state index contributed by atoms with van der Waals surface area (Å²) in [5.41, 5.74) is 2.25. The molecule has 1 N–H and O–H groups in total. The zero-order chi connectivity index (χ0) is 13.0. The van der Waals surface area contributed by atoms with Gasteiger partial charge in [0.25, 0.3) is 0 Å². The first kappa shape index (κ1) is 13.9. The van der Waals surface area contributed by atoms with Crippen molar-refractivity contribution >= 4 is 11.8 Å². The van der Waals surface area contributed by atoms with Crippen LogP contribution in [0, 0.1) is 12.7 Å². The number of halogens is 1. The minimum Gasteiger partial charge on any atom is -0.310 e. The molecule has 2 unspecified atom stereocenters. The van der Waals surface area contributed by atoms with Gasteiger partial charge in [0.15, 0.2) is 0 Å². The van der Waals surface area contributed by atoms with Crippen LogP contribution in [-0.2, 0) is 6.54 Å². The maximum Gasteiger partial charge on any atom is 0.123 e. The number of nitrogens with one attached hydrogen (secondary N) is 1. The Labute approximate surface area is 114 Å². The Bertz CT molecular complexity index is 394. The second kappa shape index (κ2) is 6.58. The van der Waals surface area contributed by atoms with Crippen LogP contribution >= 0.6 is 11.8 Å². The number of hydrogen-bond donors (Lipinski definition) is 1. The van der Waals surface area contributed by atoms with Crippen molar-refractivity contribution < 1.29 is 4.39 Å². The summed E-state index contributed by atoms with van der Waals surface area (Å²) in [4.78, 5) is 0. The highest BCUT2D eigenvalue weighted by molar-refractivity contribution is 7.99. The van der Waals surface area contributed by atoms with E-state index in [2.05, 4.69) is 11.6 Å². The van der Waals surface area contributed by atoms with Crippen LogP contribution in [0.5, 0.6) is 0 Å². The van der Waals surface area contributed by atoms with Crippen molar-refractivity contribution in [1.29, 1.82) is 0 Å². The molecule has 0 aliphatic heterocycles. The van der Waals surface area contributed by atoms with Gasteiger partial charge in [-0.3, -0.25) is 0 Å². The minimum absolute atomic E-state index is 0.136. The third-order valence-electron chi connectivity index (χ3n) is 3.85. The van der Waals surface area contributed by atoms with E-state index in [1.807, 2.05) is 24.8 Å². The summed E-state index contributed by atoms with van der Waals surface area (Å²) < 4.78 is 13.2. The van der Waals surface area contributed by atoms with E-state index in [9.17, 15) is 4.39 Å². The normalized spacial score (nSPS) is 24.2. The molecule has 0 radical (unpaired) electrons. The van der Waals surface area contributed by atoms with Gasteiger partial charge in [0.2, 0.25) is 0 Å². The molecular weight excluding hydrogens is 245 g/mol. The summed E-state index contributed by atoms with van der Waals surface area (Å²) in [5, 5.41) is 4.39. The van der Waals surface area contributed by atoms with Crippen LogP contribution in [0.2, 0.25) is 0 Å². The fourth-order valence-electron chi connectivity index (χ4n) is 2.63. The van der Waals surface area contributed by atoms with Crippen LogP contribution in [0.3, 0.4) is 0 Å². The second-order valence-corrected chi connectivity index (χ2v) is 6.31. The molecule has 100 valence electrons. The van der Waals surface area contributed by atoms with E-state index in [1.165, 1.54) is 37.3 Å². The Kier molecular flexibility index (Phi) is 5.07. The van der Waals surface area contributed by atoms with Gasteiger partial charge in [-0.2, -0.15) is 11.8 Å². The fraction of sp³-hybridized carbons (Fsp3) is 0.600. The maximum atomic E-state index is 13.2. The first-order valence-electron chi connectivity index (χ1n) is 6.70. The van der Waals surface area contributed by atoms with Crippen LogP contribution in [0.4, 0.5) is 4.39 Å². The lowest BCUT2D eigenvalue weighted by molar-refractivity contribution is 0.379. The van der Waals surface area contributed by atoms with Crippen LogP contribution in [0.25, 0.3) is 0 Å². The van der Waals surface area contributed by atoms with Crippen molar-refractivity contribution in [2.75, 3.05) is 6.26 Å². The number of hydrogen-bond acceptors (Lipinski definition) is 2. The van der Waals surface area contributed by atoms with Gasteiger partial charge < -0.3 is 5.32 Å². The minimum atomic E-state index is -0.136. The van der Waals surface area contributed by atoms with Crippen molar-refractivity contribution in [2.45, 2.75) is 50.4 Å². The van der Waals surface area contributed by atoms with E-state index in [-0.39, 0.29) is 5.82 Å². The largest absolute Gasteiger partial charge is 0.310 e. The molecule has 1 aliphatic rings. The lowest BCUT2D eigenvalue weighted by atomic mass is 9.94. The lowest BCUT2D eigenvalue weighted by Crippen LogP contribution is -2.34. The molecule has 2 atom stereocenters. The molecule has 1 aliphatic carbocycles. The average Bonchev–Trinajstić information content (AvgIpc) is 2.40. The summed E-state index contributed by atoms with van der Waals surface area (Å²) in [6, 6.07) is 5.64. The van der Waals surface area contributed by atoms with Crippen molar-refractivity contribution in [3.63, 3.8) is 0 Å². The monoisotopic (exact) mass is 267 g/mol. The first-order valence-corrected chi connectivity index (χ1v) is 7.99. The Morgan fingerprint density at radius 2 is 2.22 bits per heavy atom. The SMILES string of the molecule is CSC1CCCC(NCc2cc(F)ccc2C)C1. The predicted molar refractivity (Wildman–Crippen MR) is 77.5 cm³/mol. The predicted octanol–water partition coefficient (Wildman–Crippen LogP) is 3.90. The van der Waals surface area contributed by atoms with Gasteiger partial charge in [-0.05, 0) is 55.7 Å². The van der Waals surface area contributed by atoms with Gasteiger partial charge in [0.05, 0.1) is 0 Å². The van der Waals surface area contributed by atoms with Crippen LogP contribution in [-0.4, -0.2) is 17.5 Å². The standard InChI is InChI=1S/C15H22FNS/c1-11-6-7-13(16)8-12(11)10-17-14-4-3-5-15(9-14)18-2/h6-8,14-15,17H,3-5,9-10H2,1-2H3. The molecule has 1 aromatic rings. The van der Waals surface area contributed by atoms with Crippen molar-refractivity contribution in [3.8, 4) is 0 Å². The molecule has 3 heteroatoms. The molecule has 1 fully saturated rings. The van der Waals surface area contributed by atoms with Gasteiger partial charge >= 0.3 is 0 Å². The molecule has 0 heterocycles. The summed E-state index contributed by atoms with van der Waals surface area (Å²) in [6.07, 6.45) is 7.36. The molecule has 0 bridgehead atoms. The average molecular weight is 267 g/mol. The molecule has 1 saturated carbocycles. The highest BCUT2D eigenvalue weighted by atomic mass is 32.2. The van der Waals surface area contributed by atoms with E-state index in [4.69, 9.17) is 0 Å². The van der Waals surface area contributed by atoms with E-state index in [1.54, 1.807) is 6.07 Å². The highest BCUT2D eigenvalue weighted by Crippen LogP contribution is 2.27. The second-order valence-electron chi connectivity index (χ2n) is 5.17. The highest BCUT2D eigenvalue weighted by Gasteiger charge is 2.20. The molecular formula is C15H22FNS. The maximum absolute atomic E-state index is 13.2. The van der Waals surface area contributed by atoms with Crippen molar-refractivity contribution in [1.82, 2.24) is 5.32 Å². The molecule has 1 nitrogen and oxygen atoms in total. The molecule has 0 saturated heterocycles. The number of benzene rings is 1. The first-order chi connectivity index (χ1) is 8.69. The summed E-state index contributed by atoms with van der Waals surface area (Å²) >= 11 is 1.98. The number of aryl methyl sites for hydroxylation is 1. The van der Waals surface area contributed by atoms with Crippen LogP contribution in [0.1, 0.15) is 36.8 Å². The van der Waals surface area contributed by atoms with E-state index in [0.717, 1.165) is 17.4 Å². The van der Waals surface area contributed by atoms with Crippen molar-refractivity contribution in [2.24, 2.45) is 0 Å². The quantitative estimate of drug-likeness (QED) is 0.888. The Balaban J connectivity index is 1.89. The molecule has 0 amide bonds. The van der Waals surface area contributed by atoms with Crippen LogP contribution in [0.15, 0.2) is 18.2 Å². The Hall–Kier alpha value is -0.540. The molecule has 1 aromatic carbocycles. The molecule has 2 rings (SSSR count). The lowest BCUT2D eigenvalue weighted by Gasteiger charge is -2.29. The molecule has 18 heavy (non-hydrogen) atoms. The van der Waals surface area contributed by atoms with Gasteiger partial charge in [0.1, 0.15) is 5.82 Å². The topological polar surface area (TPSA) is 12.0 Å². The summed E-state index contributed by atoms with van der Waals surface area (Å²) in [6.45, 7) is 2.83. The number of rotatable bonds is 4. The number of thioether (sulfide) groups is 1. The van der Waals surface area contributed by atoms with Gasteiger partial charge in [-0.1, -0.05) is 12.5 Å². The molecule has 0 aromatic heterocycles. The zero-order valence-electron chi connectivity index (χ0n) is 11.2. The zero-order valence-corrected chi connectivity index (χ0v) is 12.0. The Morgan fingerprint density at radius 1 is 1.39 bits per heavy atom. The van der Waals surface area contributed by atoms with E-state index >= 15 is 0 Å². The van der Waals surface area contributed by atoms with E-state index in [0.29, 0.717) is 6.04 Å². The van der Waals surface area contributed by atoms with Crippen molar-refractivity contribution in [3.05, 3.63) is 35.1 Å². The summed E-state index contributed by atoms with van der Waals surface area (Å²) in [7, 11) is 0. The third-order valence-corrected chi connectivity index (χ3v) is 4.95. The smallest absolute Gasteiger partial charge is 0.123 e. The summed E-state index contributed by atoms with van der Waals surface area (Å²) in [5.74, 6) is -0.136. The fourth-order valence-corrected chi connectivity index (χ4v) is 3.46. The van der Waals surface area contributed by atoms with Gasteiger partial charge in [-0.15, -0.1) is 0 Å².